The molecule has 7 nitrogen and oxygen atoms in total. The molecular formula is C28H28Br3NO6. The lowest BCUT2D eigenvalue weighted by Crippen LogP contribution is -2.29. The molecule has 0 radical (unpaired) electrons. The Morgan fingerprint density at radius 2 is 0.895 bits per heavy atom. The molecule has 0 fully saturated rings. The maximum absolute atomic E-state index is 12.5. The molecule has 0 unspecified atom stereocenters. The van der Waals surface area contributed by atoms with Crippen LogP contribution in [0.5, 0.6) is 23.0 Å². The number of fused-ring (bicyclic) bond motifs is 1. The maximum atomic E-state index is 12.5. The minimum atomic E-state index is -0.291. The van der Waals surface area contributed by atoms with Gasteiger partial charge in [0, 0.05) is 38.2 Å². The third-order valence-electron chi connectivity index (χ3n) is 6.01. The second-order valence-electron chi connectivity index (χ2n) is 8.09. The number of ether oxygens (including phenoxy) is 4. The summed E-state index contributed by atoms with van der Waals surface area (Å²) in [5.74, 6) is 2.48. The molecule has 0 aromatic heterocycles. The Labute approximate surface area is 247 Å². The molecule has 0 atom stereocenters. The Morgan fingerprint density at radius 3 is 1.21 bits per heavy atom. The third kappa shape index (κ3) is 6.35. The van der Waals surface area contributed by atoms with Crippen LogP contribution in [0.25, 0.3) is 0 Å². The molecule has 38 heavy (non-hydrogen) atoms. The summed E-state index contributed by atoms with van der Waals surface area (Å²) in [6, 6.07) is 14.5. The highest BCUT2D eigenvalue weighted by molar-refractivity contribution is 9.09. The van der Waals surface area contributed by atoms with Crippen molar-refractivity contribution >= 4 is 59.6 Å². The highest BCUT2D eigenvalue weighted by Crippen LogP contribution is 2.34. The number of carbonyl (C=O) groups is 2. The average molecular weight is 714 g/mol. The van der Waals surface area contributed by atoms with Gasteiger partial charge >= 0.3 is 0 Å². The number of carbonyl (C=O) groups excluding carboxylic acids is 2. The second-order valence-corrected chi connectivity index (χ2v) is 9.78. The van der Waals surface area contributed by atoms with E-state index in [4.69, 9.17) is 18.9 Å². The summed E-state index contributed by atoms with van der Waals surface area (Å²) in [7, 11) is 6.49. The average Bonchev–Trinajstić information content (AvgIpc) is 3.21. The zero-order valence-corrected chi connectivity index (χ0v) is 26.2. The topological polar surface area (TPSA) is 74.3 Å². The first-order valence-corrected chi connectivity index (χ1v) is 14.8. The SMILES string of the molecule is COc1cc(CBr)c(OC)cc1CBr.COc1cc(CN2C(=O)c3ccccc3C2=O)c(OC)cc1CBr. The first kappa shape index (κ1) is 30.0. The molecule has 0 bridgehead atoms. The van der Waals surface area contributed by atoms with Crippen LogP contribution in [-0.4, -0.2) is 45.2 Å². The van der Waals surface area contributed by atoms with Crippen LogP contribution in [-0.2, 0) is 22.5 Å². The van der Waals surface area contributed by atoms with Gasteiger partial charge in [0.2, 0.25) is 0 Å². The summed E-state index contributed by atoms with van der Waals surface area (Å²) in [5.41, 5.74) is 4.70. The Balaban J connectivity index is 0.000000244. The van der Waals surface area contributed by atoms with Crippen molar-refractivity contribution < 1.29 is 28.5 Å². The van der Waals surface area contributed by atoms with Gasteiger partial charge in [-0.15, -0.1) is 0 Å². The molecule has 1 aliphatic rings. The Bertz CT molecular complexity index is 1220. The van der Waals surface area contributed by atoms with Crippen molar-refractivity contribution in [1.82, 2.24) is 4.90 Å². The predicted molar refractivity (Wildman–Crippen MR) is 158 cm³/mol. The number of rotatable bonds is 9. The minimum absolute atomic E-state index is 0.133. The molecule has 3 aromatic carbocycles. The van der Waals surface area contributed by atoms with Gasteiger partial charge in [0.15, 0.2) is 0 Å². The van der Waals surface area contributed by atoms with Crippen LogP contribution in [0.15, 0.2) is 48.5 Å². The zero-order chi connectivity index (χ0) is 27.8. The van der Waals surface area contributed by atoms with E-state index in [2.05, 4.69) is 47.8 Å². The fourth-order valence-electron chi connectivity index (χ4n) is 4.04. The van der Waals surface area contributed by atoms with E-state index in [0.29, 0.717) is 33.5 Å². The lowest BCUT2D eigenvalue weighted by molar-refractivity contribution is 0.0641. The van der Waals surface area contributed by atoms with Crippen LogP contribution in [0.2, 0.25) is 0 Å². The van der Waals surface area contributed by atoms with Crippen molar-refractivity contribution in [2.75, 3.05) is 28.4 Å². The summed E-state index contributed by atoms with van der Waals surface area (Å²) >= 11 is 10.2. The number of halogens is 3. The van der Waals surface area contributed by atoms with Crippen LogP contribution < -0.4 is 18.9 Å². The van der Waals surface area contributed by atoms with Crippen molar-refractivity contribution in [2.45, 2.75) is 22.5 Å². The van der Waals surface area contributed by atoms with Crippen LogP contribution in [0.1, 0.15) is 43.0 Å². The number of hydrogen-bond acceptors (Lipinski definition) is 6. The molecule has 2 amide bonds. The van der Waals surface area contributed by atoms with Gasteiger partial charge in [-0.3, -0.25) is 14.5 Å². The van der Waals surface area contributed by atoms with Gasteiger partial charge in [0.25, 0.3) is 11.8 Å². The van der Waals surface area contributed by atoms with Crippen molar-refractivity contribution in [3.63, 3.8) is 0 Å². The van der Waals surface area contributed by atoms with E-state index in [9.17, 15) is 9.59 Å². The van der Waals surface area contributed by atoms with Crippen molar-refractivity contribution in [3.05, 3.63) is 81.9 Å². The third-order valence-corrected chi connectivity index (χ3v) is 7.82. The van der Waals surface area contributed by atoms with Crippen molar-refractivity contribution in [2.24, 2.45) is 0 Å². The maximum Gasteiger partial charge on any atom is 0.261 e. The summed E-state index contributed by atoms with van der Waals surface area (Å²) in [6.07, 6.45) is 0. The fourth-order valence-corrected chi connectivity index (χ4v) is 5.35. The van der Waals surface area contributed by atoms with E-state index in [1.165, 1.54) is 4.90 Å². The molecule has 1 heterocycles. The molecule has 202 valence electrons. The molecule has 0 saturated carbocycles. The number of benzene rings is 3. The van der Waals surface area contributed by atoms with Gasteiger partial charge in [-0.2, -0.15) is 0 Å². The second kappa shape index (κ2) is 14.0. The van der Waals surface area contributed by atoms with E-state index in [-0.39, 0.29) is 18.4 Å². The number of nitrogens with zero attached hydrogens (tertiary/aromatic N) is 1. The normalized spacial score (nSPS) is 12.0. The molecular weight excluding hydrogens is 686 g/mol. The standard InChI is InChI=1S/C18H16BrNO4.C10H12Br2O2/c1-23-15-8-12(16(24-2)7-11(15)9-19)10-20-17(21)13-5-3-4-6-14(13)18(20)22;1-13-9-3-8(6-12)10(14-2)4-7(9)5-11/h3-8H,9-10H2,1-2H3;3-4H,5-6H2,1-2H3. The van der Waals surface area contributed by atoms with E-state index in [1.807, 2.05) is 18.2 Å². The molecule has 10 heteroatoms. The summed E-state index contributed by atoms with van der Waals surface area (Å²) in [4.78, 5) is 26.3. The monoisotopic (exact) mass is 711 g/mol. The first-order valence-electron chi connectivity index (χ1n) is 11.5. The Morgan fingerprint density at radius 1 is 0.579 bits per heavy atom. The van der Waals surface area contributed by atoms with E-state index >= 15 is 0 Å². The smallest absolute Gasteiger partial charge is 0.261 e. The van der Waals surface area contributed by atoms with Gasteiger partial charge in [0.1, 0.15) is 23.0 Å². The Hall–Kier alpha value is -2.56. The number of amides is 2. The molecule has 0 spiro atoms. The van der Waals surface area contributed by atoms with Crippen LogP contribution in [0.3, 0.4) is 0 Å². The highest BCUT2D eigenvalue weighted by atomic mass is 79.9. The van der Waals surface area contributed by atoms with Crippen LogP contribution >= 0.6 is 47.8 Å². The molecule has 3 aromatic rings. The molecule has 0 N–H and O–H groups in total. The molecule has 0 aliphatic carbocycles. The van der Waals surface area contributed by atoms with Gasteiger partial charge in [0.05, 0.1) is 46.1 Å². The fraction of sp³-hybridized carbons (Fsp3) is 0.286. The lowest BCUT2D eigenvalue weighted by atomic mass is 10.1. The van der Waals surface area contributed by atoms with Gasteiger partial charge in [-0.1, -0.05) is 59.9 Å². The zero-order valence-electron chi connectivity index (χ0n) is 21.5. The van der Waals surface area contributed by atoms with Gasteiger partial charge in [-0.05, 0) is 36.4 Å². The first-order chi connectivity index (χ1) is 18.4. The Kier molecular flexibility index (Phi) is 11.1. The van der Waals surface area contributed by atoms with E-state index in [0.717, 1.165) is 38.8 Å². The largest absolute Gasteiger partial charge is 0.496 e. The summed E-state index contributed by atoms with van der Waals surface area (Å²) in [6.45, 7) is 0.133. The van der Waals surface area contributed by atoms with E-state index in [1.54, 1.807) is 58.8 Å². The predicted octanol–water partition coefficient (Wildman–Crippen LogP) is 6.89. The van der Waals surface area contributed by atoms with Gasteiger partial charge < -0.3 is 18.9 Å². The van der Waals surface area contributed by atoms with Crippen molar-refractivity contribution in [3.8, 4) is 23.0 Å². The van der Waals surface area contributed by atoms with Crippen LogP contribution in [0.4, 0.5) is 0 Å². The molecule has 1 aliphatic heterocycles. The van der Waals surface area contributed by atoms with Crippen molar-refractivity contribution in [1.29, 1.82) is 0 Å². The summed E-state index contributed by atoms with van der Waals surface area (Å²) < 4.78 is 21.3. The lowest BCUT2D eigenvalue weighted by Gasteiger charge is -2.18. The van der Waals surface area contributed by atoms with E-state index < -0.39 is 0 Å². The molecule has 4 rings (SSSR count). The molecule has 0 saturated heterocycles. The summed E-state index contributed by atoms with van der Waals surface area (Å²) in [5, 5.41) is 2.13. The number of imide groups is 1. The number of methoxy groups -OCH3 is 4. The highest BCUT2D eigenvalue weighted by Gasteiger charge is 2.35. The van der Waals surface area contributed by atoms with Gasteiger partial charge in [-0.25, -0.2) is 0 Å². The minimum Gasteiger partial charge on any atom is -0.496 e. The quantitative estimate of drug-likeness (QED) is 0.178. The number of hydrogen-bond donors (Lipinski definition) is 0. The van der Waals surface area contributed by atoms with Crippen LogP contribution in [0, 0.1) is 0 Å². The number of alkyl halides is 3.